The highest BCUT2D eigenvalue weighted by atomic mass is 16.6. The van der Waals surface area contributed by atoms with Gasteiger partial charge in [-0.3, -0.25) is 4.79 Å². The largest absolute Gasteiger partial charge is 0.393 e. The summed E-state index contributed by atoms with van der Waals surface area (Å²) in [6.07, 6.45) is 3.00. The van der Waals surface area contributed by atoms with Crippen molar-refractivity contribution >= 4 is 16.9 Å². The number of aromatic nitrogens is 2. The van der Waals surface area contributed by atoms with Gasteiger partial charge in [-0.05, 0) is 54.2 Å². The van der Waals surface area contributed by atoms with Gasteiger partial charge >= 0.3 is 0 Å². The summed E-state index contributed by atoms with van der Waals surface area (Å²) in [7, 11) is 0. The molecule has 100 valence electrons. The van der Waals surface area contributed by atoms with Crippen molar-refractivity contribution in [3.8, 4) is 0 Å². The first kappa shape index (κ1) is 12.1. The lowest BCUT2D eigenvalue weighted by atomic mass is 9.93. The Labute approximate surface area is 109 Å². The second kappa shape index (κ2) is 4.97. The van der Waals surface area contributed by atoms with Crippen LogP contribution in [0.25, 0.3) is 11.0 Å². The highest BCUT2D eigenvalue weighted by molar-refractivity contribution is 5.97. The predicted molar refractivity (Wildman–Crippen MR) is 67.5 cm³/mol. The van der Waals surface area contributed by atoms with Crippen molar-refractivity contribution in [1.82, 2.24) is 15.6 Å². The summed E-state index contributed by atoms with van der Waals surface area (Å²) in [6, 6.07) is 5.10. The van der Waals surface area contributed by atoms with Crippen LogP contribution in [0.15, 0.2) is 22.8 Å². The third kappa shape index (κ3) is 2.58. The second-order valence-electron chi connectivity index (χ2n) is 4.96. The zero-order valence-electron chi connectivity index (χ0n) is 10.4. The molecule has 1 aromatic heterocycles. The van der Waals surface area contributed by atoms with Crippen molar-refractivity contribution in [3.63, 3.8) is 0 Å². The first-order valence-electron chi connectivity index (χ1n) is 6.43. The molecule has 0 radical (unpaired) electrons. The molecule has 0 bridgehead atoms. The van der Waals surface area contributed by atoms with E-state index in [2.05, 4.69) is 20.3 Å². The maximum absolute atomic E-state index is 12.1. The van der Waals surface area contributed by atoms with Crippen LogP contribution in [0.2, 0.25) is 0 Å². The van der Waals surface area contributed by atoms with Crippen LogP contribution in [-0.2, 0) is 0 Å². The molecule has 3 rings (SSSR count). The van der Waals surface area contributed by atoms with Crippen molar-refractivity contribution in [3.05, 3.63) is 23.8 Å². The fraction of sp³-hybridized carbons (Fsp3) is 0.462. The molecule has 1 aromatic carbocycles. The number of nitrogens with zero attached hydrogens (tertiary/aromatic N) is 2. The Morgan fingerprint density at radius 1 is 1.32 bits per heavy atom. The van der Waals surface area contributed by atoms with Crippen LogP contribution in [-0.4, -0.2) is 33.5 Å². The van der Waals surface area contributed by atoms with Gasteiger partial charge in [0, 0.05) is 11.6 Å². The van der Waals surface area contributed by atoms with E-state index in [1.54, 1.807) is 18.2 Å². The Balaban J connectivity index is 1.72. The minimum atomic E-state index is -0.304. The smallest absolute Gasteiger partial charge is 0.251 e. The number of benzene rings is 1. The van der Waals surface area contributed by atoms with Crippen molar-refractivity contribution in [2.45, 2.75) is 37.8 Å². The highest BCUT2D eigenvalue weighted by Gasteiger charge is 2.22. The van der Waals surface area contributed by atoms with Gasteiger partial charge in [0.1, 0.15) is 11.0 Å². The zero-order valence-corrected chi connectivity index (χ0v) is 10.4. The molecule has 19 heavy (non-hydrogen) atoms. The Kier molecular flexibility index (Phi) is 3.16. The van der Waals surface area contributed by atoms with E-state index >= 15 is 0 Å². The van der Waals surface area contributed by atoms with Crippen LogP contribution < -0.4 is 5.32 Å². The van der Waals surface area contributed by atoms with Gasteiger partial charge in [0.25, 0.3) is 5.91 Å². The van der Waals surface area contributed by atoms with Crippen LogP contribution in [0.4, 0.5) is 0 Å². The molecule has 6 heteroatoms. The van der Waals surface area contributed by atoms with E-state index in [4.69, 9.17) is 0 Å². The first-order chi connectivity index (χ1) is 9.22. The van der Waals surface area contributed by atoms with Crippen molar-refractivity contribution in [1.29, 1.82) is 0 Å². The van der Waals surface area contributed by atoms with E-state index in [1.165, 1.54) is 0 Å². The second-order valence-corrected chi connectivity index (χ2v) is 4.96. The zero-order chi connectivity index (χ0) is 13.2. The molecule has 2 aromatic rings. The number of rotatable bonds is 2. The van der Waals surface area contributed by atoms with E-state index in [9.17, 15) is 9.90 Å². The SMILES string of the molecule is O=C(NC1CCCC(O)C1)c1ccc2nonc2c1. The fourth-order valence-electron chi connectivity index (χ4n) is 2.49. The minimum Gasteiger partial charge on any atom is -0.393 e. The molecule has 1 saturated carbocycles. The molecule has 6 nitrogen and oxygen atoms in total. The lowest BCUT2D eigenvalue weighted by Crippen LogP contribution is -2.39. The summed E-state index contributed by atoms with van der Waals surface area (Å²) in [4.78, 5) is 12.1. The molecular formula is C13H15N3O3. The van der Waals surface area contributed by atoms with Crippen LogP contribution in [0.5, 0.6) is 0 Å². The van der Waals surface area contributed by atoms with Gasteiger partial charge < -0.3 is 10.4 Å². The number of hydrogen-bond acceptors (Lipinski definition) is 5. The normalized spacial score (nSPS) is 23.4. The summed E-state index contributed by atoms with van der Waals surface area (Å²) in [5.41, 5.74) is 1.73. The third-order valence-electron chi connectivity index (χ3n) is 3.50. The van der Waals surface area contributed by atoms with Crippen LogP contribution in [0, 0.1) is 0 Å². The van der Waals surface area contributed by atoms with Gasteiger partial charge in [-0.2, -0.15) is 0 Å². The number of carbonyl (C=O) groups excluding carboxylic acids is 1. The Morgan fingerprint density at radius 2 is 2.16 bits per heavy atom. The van der Waals surface area contributed by atoms with Gasteiger partial charge in [0.2, 0.25) is 0 Å². The van der Waals surface area contributed by atoms with Gasteiger partial charge in [0.15, 0.2) is 0 Å². The number of aliphatic hydroxyl groups is 1. The van der Waals surface area contributed by atoms with Crippen molar-refractivity contribution in [2.75, 3.05) is 0 Å². The van der Waals surface area contributed by atoms with E-state index in [-0.39, 0.29) is 18.1 Å². The number of nitrogens with one attached hydrogen (secondary N) is 1. The highest BCUT2D eigenvalue weighted by Crippen LogP contribution is 2.19. The average molecular weight is 261 g/mol. The summed E-state index contributed by atoms with van der Waals surface area (Å²) in [5, 5.41) is 19.9. The maximum atomic E-state index is 12.1. The number of carbonyl (C=O) groups is 1. The average Bonchev–Trinajstić information content (AvgIpc) is 2.85. The molecular weight excluding hydrogens is 246 g/mol. The van der Waals surface area contributed by atoms with E-state index < -0.39 is 0 Å². The first-order valence-corrected chi connectivity index (χ1v) is 6.43. The van der Waals surface area contributed by atoms with Crippen molar-refractivity contribution in [2.24, 2.45) is 0 Å². The van der Waals surface area contributed by atoms with Crippen molar-refractivity contribution < 1.29 is 14.5 Å². The van der Waals surface area contributed by atoms with E-state index in [0.29, 0.717) is 23.0 Å². The summed E-state index contributed by atoms with van der Waals surface area (Å²) < 4.78 is 4.60. The molecule has 2 unspecified atom stereocenters. The minimum absolute atomic E-state index is 0.0439. The van der Waals surface area contributed by atoms with E-state index in [0.717, 1.165) is 19.3 Å². The van der Waals surface area contributed by atoms with E-state index in [1.807, 2.05) is 0 Å². The van der Waals surface area contributed by atoms with Crippen LogP contribution >= 0.6 is 0 Å². The fourth-order valence-corrected chi connectivity index (χ4v) is 2.49. The Hall–Kier alpha value is -1.95. The van der Waals surface area contributed by atoms with Gasteiger partial charge in [-0.25, -0.2) is 4.63 Å². The molecule has 1 heterocycles. The van der Waals surface area contributed by atoms with Gasteiger partial charge in [-0.15, -0.1) is 0 Å². The monoisotopic (exact) mass is 261 g/mol. The molecule has 1 amide bonds. The molecule has 0 aliphatic heterocycles. The summed E-state index contributed by atoms with van der Waals surface area (Å²) in [5.74, 6) is -0.149. The molecule has 1 aliphatic rings. The lowest BCUT2D eigenvalue weighted by Gasteiger charge is -2.26. The van der Waals surface area contributed by atoms with Gasteiger partial charge in [0.05, 0.1) is 6.10 Å². The third-order valence-corrected chi connectivity index (χ3v) is 3.50. The summed E-state index contributed by atoms with van der Waals surface area (Å²) in [6.45, 7) is 0. The number of aliphatic hydroxyl groups excluding tert-OH is 1. The molecule has 0 spiro atoms. The molecule has 2 atom stereocenters. The number of fused-ring (bicyclic) bond motifs is 1. The molecule has 0 saturated heterocycles. The van der Waals surface area contributed by atoms with Gasteiger partial charge in [-0.1, -0.05) is 0 Å². The number of amides is 1. The Bertz CT molecular complexity index is 596. The molecule has 1 aliphatic carbocycles. The lowest BCUT2D eigenvalue weighted by molar-refractivity contribution is 0.0850. The summed E-state index contributed by atoms with van der Waals surface area (Å²) >= 11 is 0. The number of hydrogen-bond donors (Lipinski definition) is 2. The van der Waals surface area contributed by atoms with Crippen LogP contribution in [0.1, 0.15) is 36.0 Å². The standard InChI is InChI=1S/C13H15N3O3/c17-10-3-1-2-9(7-10)14-13(18)8-4-5-11-12(6-8)16-19-15-11/h4-6,9-10,17H,1-3,7H2,(H,14,18). The molecule has 1 fully saturated rings. The van der Waals surface area contributed by atoms with Crippen LogP contribution in [0.3, 0.4) is 0 Å². The quantitative estimate of drug-likeness (QED) is 0.849. The predicted octanol–water partition coefficient (Wildman–Crippen LogP) is 1.26. The topological polar surface area (TPSA) is 88.2 Å². The Morgan fingerprint density at radius 3 is 3.00 bits per heavy atom. The molecule has 2 N–H and O–H groups in total. The maximum Gasteiger partial charge on any atom is 0.251 e.